The Morgan fingerprint density at radius 1 is 0.571 bits per heavy atom. The van der Waals surface area contributed by atoms with Gasteiger partial charge in [-0.05, 0) is 6.92 Å². The van der Waals surface area contributed by atoms with Gasteiger partial charge in [-0.15, -0.1) is 0 Å². The molecule has 0 bridgehead atoms. The third-order valence-electron chi connectivity index (χ3n) is 5.98. The molecule has 202 valence electrons. The van der Waals surface area contributed by atoms with Gasteiger partial charge in [0.05, 0.1) is 6.10 Å². The molecule has 3 rings (SSSR count). The Morgan fingerprint density at radius 3 is 1.60 bits per heavy atom. The molecule has 17 heteroatoms. The second-order valence-corrected chi connectivity index (χ2v) is 8.39. The van der Waals surface area contributed by atoms with E-state index in [-0.39, 0.29) is 0 Å². The van der Waals surface area contributed by atoms with Crippen LogP contribution in [0.4, 0.5) is 0 Å². The molecule has 15 atom stereocenters. The van der Waals surface area contributed by atoms with Crippen LogP contribution in [0.2, 0.25) is 0 Å². The van der Waals surface area contributed by atoms with E-state index < -0.39 is 104 Å². The van der Waals surface area contributed by atoms with E-state index in [1.807, 2.05) is 0 Å². The van der Waals surface area contributed by atoms with Gasteiger partial charge in [-0.3, -0.25) is 0 Å². The van der Waals surface area contributed by atoms with Crippen LogP contribution in [0.25, 0.3) is 0 Å². The standard InChI is InChI=1S/C18H28O17/c1-2-3(19)5(21)13(16(30)31-2)35-18-9(25)10(8(24)12(34-18)15(28)29)32-17-7(23)4(20)6(22)11(33-17)14(26)27/h2-13,16-25,30H,1H3,(H,26,27)(H,28,29)/t2-,3-,4-,5+,6-,7+,8+,9+,10-,11-,12-,13+,16?,17?,18?/m0/s1. The number of carbonyl (C=O) groups is 2. The van der Waals surface area contributed by atoms with E-state index in [1.165, 1.54) is 6.92 Å². The Bertz CT molecular complexity index is 765. The Labute approximate surface area is 196 Å². The largest absolute Gasteiger partial charge is 0.479 e. The maximum absolute atomic E-state index is 11.6. The average Bonchev–Trinajstić information content (AvgIpc) is 2.78. The number of aliphatic hydroxyl groups is 8. The maximum atomic E-state index is 11.6. The summed E-state index contributed by atoms with van der Waals surface area (Å²) in [5, 5.41) is 99.7. The molecule has 0 aromatic heterocycles. The fraction of sp³-hybridized carbons (Fsp3) is 0.889. The van der Waals surface area contributed by atoms with Crippen LogP contribution in [0.3, 0.4) is 0 Å². The number of aliphatic carboxylic acids is 2. The van der Waals surface area contributed by atoms with Crippen molar-refractivity contribution in [2.75, 3.05) is 0 Å². The summed E-state index contributed by atoms with van der Waals surface area (Å²) in [5.74, 6) is -3.52. The Kier molecular flexibility index (Phi) is 8.65. The van der Waals surface area contributed by atoms with Crippen molar-refractivity contribution in [1.82, 2.24) is 0 Å². The molecule has 3 fully saturated rings. The van der Waals surface area contributed by atoms with E-state index >= 15 is 0 Å². The van der Waals surface area contributed by atoms with Crippen molar-refractivity contribution in [3.05, 3.63) is 0 Å². The van der Waals surface area contributed by atoms with Crippen LogP contribution < -0.4 is 0 Å². The average molecular weight is 516 g/mol. The van der Waals surface area contributed by atoms with E-state index in [0.717, 1.165) is 0 Å². The number of ether oxygens (including phenoxy) is 5. The van der Waals surface area contributed by atoms with Crippen LogP contribution >= 0.6 is 0 Å². The maximum Gasteiger partial charge on any atom is 0.335 e. The van der Waals surface area contributed by atoms with E-state index in [2.05, 4.69) is 0 Å². The summed E-state index contributed by atoms with van der Waals surface area (Å²) in [6.07, 6.45) is -29.0. The zero-order valence-electron chi connectivity index (χ0n) is 18.0. The number of aliphatic hydroxyl groups excluding tert-OH is 8. The molecule has 17 nitrogen and oxygen atoms in total. The monoisotopic (exact) mass is 516 g/mol. The van der Waals surface area contributed by atoms with E-state index in [1.54, 1.807) is 0 Å². The Morgan fingerprint density at radius 2 is 1.06 bits per heavy atom. The highest BCUT2D eigenvalue weighted by molar-refractivity contribution is 5.74. The molecule has 3 heterocycles. The fourth-order valence-corrected chi connectivity index (χ4v) is 3.95. The van der Waals surface area contributed by atoms with Crippen molar-refractivity contribution in [3.63, 3.8) is 0 Å². The van der Waals surface area contributed by atoms with Gasteiger partial charge in [0.15, 0.2) is 31.1 Å². The van der Waals surface area contributed by atoms with Crippen molar-refractivity contribution in [3.8, 4) is 0 Å². The SMILES string of the molecule is C[C@@H]1OC(O)[C@H](OC2O[C@H](C(=O)O)[C@H](O)[C@H](OC3O[C@H](C(=O)O)[C@@H](O)[C@H](O)[C@H]3O)[C@H]2O)[C@H](O)[C@H]1O. The van der Waals surface area contributed by atoms with Gasteiger partial charge in [0, 0.05) is 0 Å². The van der Waals surface area contributed by atoms with Crippen molar-refractivity contribution >= 4 is 11.9 Å². The normalized spacial score (nSPS) is 51.1. The predicted octanol–water partition coefficient (Wildman–Crippen LogP) is -6.36. The van der Waals surface area contributed by atoms with Crippen LogP contribution in [0, 0.1) is 0 Å². The molecule has 3 aliphatic heterocycles. The number of hydrogen-bond donors (Lipinski definition) is 10. The minimum Gasteiger partial charge on any atom is -0.479 e. The molecule has 0 aromatic carbocycles. The molecule has 0 aromatic rings. The summed E-state index contributed by atoms with van der Waals surface area (Å²) in [5.41, 5.74) is 0. The number of carboxylic acid groups (broad SMARTS) is 2. The summed E-state index contributed by atoms with van der Waals surface area (Å²) < 4.78 is 25.4. The van der Waals surface area contributed by atoms with Crippen LogP contribution in [-0.4, -0.2) is 155 Å². The van der Waals surface area contributed by atoms with E-state index in [0.29, 0.717) is 0 Å². The third-order valence-corrected chi connectivity index (χ3v) is 5.98. The second-order valence-electron chi connectivity index (χ2n) is 8.39. The third kappa shape index (κ3) is 5.42. The van der Waals surface area contributed by atoms with Crippen LogP contribution in [0.1, 0.15) is 6.92 Å². The molecule has 3 saturated heterocycles. The Hall–Kier alpha value is -1.58. The van der Waals surface area contributed by atoms with Gasteiger partial charge >= 0.3 is 11.9 Å². The highest BCUT2D eigenvalue weighted by Crippen LogP contribution is 2.32. The second kappa shape index (κ2) is 10.8. The van der Waals surface area contributed by atoms with Crippen molar-refractivity contribution < 1.29 is 84.3 Å². The van der Waals surface area contributed by atoms with E-state index in [9.17, 15) is 55.5 Å². The first-order valence-electron chi connectivity index (χ1n) is 10.4. The van der Waals surface area contributed by atoms with Gasteiger partial charge < -0.3 is 74.7 Å². The molecule has 3 unspecified atom stereocenters. The molecule has 35 heavy (non-hydrogen) atoms. The first-order valence-corrected chi connectivity index (χ1v) is 10.4. The molecule has 0 amide bonds. The molecule has 0 aliphatic carbocycles. The smallest absolute Gasteiger partial charge is 0.335 e. The van der Waals surface area contributed by atoms with Crippen molar-refractivity contribution in [2.45, 2.75) is 99.0 Å². The van der Waals surface area contributed by atoms with Gasteiger partial charge in [0.1, 0.15) is 54.9 Å². The van der Waals surface area contributed by atoms with Gasteiger partial charge in [-0.25, -0.2) is 9.59 Å². The fourth-order valence-electron chi connectivity index (χ4n) is 3.95. The lowest BCUT2D eigenvalue weighted by molar-refractivity contribution is -0.375. The molecule has 0 radical (unpaired) electrons. The van der Waals surface area contributed by atoms with Crippen LogP contribution in [-0.2, 0) is 33.3 Å². The summed E-state index contributed by atoms with van der Waals surface area (Å²) in [4.78, 5) is 22.9. The first kappa shape index (κ1) is 28.0. The molecular weight excluding hydrogens is 488 g/mol. The quantitative estimate of drug-likeness (QED) is 0.157. The van der Waals surface area contributed by atoms with Crippen molar-refractivity contribution in [2.24, 2.45) is 0 Å². The molecule has 3 aliphatic rings. The van der Waals surface area contributed by atoms with Gasteiger partial charge in [0.25, 0.3) is 0 Å². The minimum absolute atomic E-state index is 1.02. The molecular formula is C18H28O17. The highest BCUT2D eigenvalue weighted by Gasteiger charge is 2.55. The zero-order chi connectivity index (χ0) is 26.4. The van der Waals surface area contributed by atoms with Crippen LogP contribution in [0.15, 0.2) is 0 Å². The summed E-state index contributed by atoms with van der Waals surface area (Å²) in [6, 6.07) is 0. The van der Waals surface area contributed by atoms with Gasteiger partial charge in [-0.1, -0.05) is 0 Å². The minimum atomic E-state index is -2.17. The predicted molar refractivity (Wildman–Crippen MR) is 101 cm³/mol. The number of hydrogen-bond acceptors (Lipinski definition) is 15. The molecule has 10 N–H and O–H groups in total. The van der Waals surface area contributed by atoms with Crippen LogP contribution in [0.5, 0.6) is 0 Å². The lowest BCUT2D eigenvalue weighted by atomic mass is 9.96. The topological polar surface area (TPSA) is 283 Å². The number of rotatable bonds is 6. The lowest BCUT2D eigenvalue weighted by Gasteiger charge is -2.46. The molecule has 0 saturated carbocycles. The number of carboxylic acids is 2. The first-order chi connectivity index (χ1) is 16.3. The van der Waals surface area contributed by atoms with Gasteiger partial charge in [0.2, 0.25) is 0 Å². The van der Waals surface area contributed by atoms with Gasteiger partial charge in [-0.2, -0.15) is 0 Å². The molecule has 0 spiro atoms. The summed E-state index contributed by atoms with van der Waals surface area (Å²) in [7, 11) is 0. The zero-order valence-corrected chi connectivity index (χ0v) is 18.0. The summed E-state index contributed by atoms with van der Waals surface area (Å²) >= 11 is 0. The van der Waals surface area contributed by atoms with E-state index in [4.69, 9.17) is 28.8 Å². The Balaban J connectivity index is 1.82. The highest BCUT2D eigenvalue weighted by atomic mass is 16.8. The van der Waals surface area contributed by atoms with Crippen molar-refractivity contribution in [1.29, 1.82) is 0 Å². The lowest BCUT2D eigenvalue weighted by Crippen LogP contribution is -2.67. The summed E-state index contributed by atoms with van der Waals surface area (Å²) in [6.45, 7) is 1.34.